The van der Waals surface area contributed by atoms with Gasteiger partial charge in [-0.05, 0) is 31.2 Å². The third-order valence-corrected chi connectivity index (χ3v) is 3.63. The van der Waals surface area contributed by atoms with Crippen LogP contribution in [0.25, 0.3) is 11.3 Å². The fraction of sp³-hybridized carbons (Fsp3) is 0.188. The normalized spacial score (nSPS) is 11.6. The SMILES string of the molecule is Cc1ocnc1C(=O)Nc1ccc(-c2cc(C(F)(F)F)nn2C)c(F)c1. The zero-order valence-corrected chi connectivity index (χ0v) is 13.6. The van der Waals surface area contributed by atoms with E-state index in [-0.39, 0.29) is 22.6 Å². The van der Waals surface area contributed by atoms with Gasteiger partial charge in [0.05, 0.1) is 5.69 Å². The number of alkyl halides is 3. The van der Waals surface area contributed by atoms with Gasteiger partial charge >= 0.3 is 6.18 Å². The van der Waals surface area contributed by atoms with Gasteiger partial charge in [0.25, 0.3) is 5.91 Å². The fourth-order valence-corrected chi connectivity index (χ4v) is 2.37. The topological polar surface area (TPSA) is 73.0 Å². The van der Waals surface area contributed by atoms with Crippen LogP contribution < -0.4 is 5.32 Å². The standard InChI is InChI=1S/C16H12F4N4O2/c1-8-14(21-7-26-8)15(25)22-9-3-4-10(11(17)5-9)12-6-13(16(18,19)20)23-24(12)2/h3-7H,1-2H3,(H,22,25). The van der Waals surface area contributed by atoms with Gasteiger partial charge in [-0.25, -0.2) is 9.37 Å². The molecule has 0 radical (unpaired) electrons. The number of aryl methyl sites for hydroxylation is 2. The largest absolute Gasteiger partial charge is 0.448 e. The number of nitrogens with one attached hydrogen (secondary N) is 1. The average Bonchev–Trinajstić information content (AvgIpc) is 3.13. The summed E-state index contributed by atoms with van der Waals surface area (Å²) in [6.07, 6.45) is -3.52. The van der Waals surface area contributed by atoms with Gasteiger partial charge in [-0.15, -0.1) is 0 Å². The molecule has 0 saturated heterocycles. The van der Waals surface area contributed by atoms with Crippen molar-refractivity contribution < 1.29 is 26.8 Å². The van der Waals surface area contributed by atoms with Crippen molar-refractivity contribution in [3.8, 4) is 11.3 Å². The van der Waals surface area contributed by atoms with Crippen LogP contribution in [-0.4, -0.2) is 20.7 Å². The van der Waals surface area contributed by atoms with Gasteiger partial charge in [-0.2, -0.15) is 18.3 Å². The molecular weight excluding hydrogens is 356 g/mol. The maximum absolute atomic E-state index is 14.4. The first-order chi connectivity index (χ1) is 12.2. The van der Waals surface area contributed by atoms with E-state index in [0.717, 1.165) is 23.2 Å². The van der Waals surface area contributed by atoms with Gasteiger partial charge in [0.1, 0.15) is 11.6 Å². The van der Waals surface area contributed by atoms with Crippen molar-refractivity contribution in [1.29, 1.82) is 0 Å². The summed E-state index contributed by atoms with van der Waals surface area (Å²) >= 11 is 0. The molecule has 136 valence electrons. The molecule has 0 saturated carbocycles. The fourth-order valence-electron chi connectivity index (χ4n) is 2.37. The van der Waals surface area contributed by atoms with Crippen LogP contribution in [0.4, 0.5) is 23.2 Å². The Hall–Kier alpha value is -3.17. The molecule has 0 atom stereocenters. The molecule has 0 spiro atoms. The third-order valence-electron chi connectivity index (χ3n) is 3.63. The van der Waals surface area contributed by atoms with Gasteiger partial charge in [-0.3, -0.25) is 9.48 Å². The second kappa shape index (κ2) is 6.28. The maximum Gasteiger partial charge on any atom is 0.435 e. The van der Waals surface area contributed by atoms with Crippen LogP contribution in [0.1, 0.15) is 21.9 Å². The second-order valence-electron chi connectivity index (χ2n) is 5.44. The van der Waals surface area contributed by atoms with E-state index in [1.807, 2.05) is 0 Å². The lowest BCUT2D eigenvalue weighted by Crippen LogP contribution is -2.13. The van der Waals surface area contributed by atoms with E-state index >= 15 is 0 Å². The van der Waals surface area contributed by atoms with Crippen LogP contribution in [0.3, 0.4) is 0 Å². The molecule has 0 fully saturated rings. The van der Waals surface area contributed by atoms with E-state index in [9.17, 15) is 22.4 Å². The Bertz CT molecular complexity index is 975. The molecule has 26 heavy (non-hydrogen) atoms. The Morgan fingerprint density at radius 1 is 1.27 bits per heavy atom. The Balaban J connectivity index is 1.88. The number of benzene rings is 1. The van der Waals surface area contributed by atoms with Crippen LogP contribution in [0.2, 0.25) is 0 Å². The van der Waals surface area contributed by atoms with Gasteiger partial charge < -0.3 is 9.73 Å². The van der Waals surface area contributed by atoms with Crippen molar-refractivity contribution in [2.24, 2.45) is 7.05 Å². The highest BCUT2D eigenvalue weighted by atomic mass is 19.4. The number of hydrogen-bond donors (Lipinski definition) is 1. The Labute approximate surface area is 144 Å². The second-order valence-corrected chi connectivity index (χ2v) is 5.44. The molecule has 3 aromatic rings. The molecule has 0 aliphatic rings. The number of oxazole rings is 1. The predicted octanol–water partition coefficient (Wildman–Crippen LogP) is 3.79. The molecule has 2 heterocycles. The molecule has 0 bridgehead atoms. The van der Waals surface area contributed by atoms with Gasteiger partial charge in [-0.1, -0.05) is 0 Å². The molecule has 1 amide bonds. The van der Waals surface area contributed by atoms with E-state index in [1.54, 1.807) is 6.92 Å². The zero-order chi connectivity index (χ0) is 19.1. The van der Waals surface area contributed by atoms with Crippen molar-refractivity contribution in [2.45, 2.75) is 13.1 Å². The number of carbonyl (C=O) groups excluding carboxylic acids is 1. The van der Waals surface area contributed by atoms with Crippen molar-refractivity contribution in [3.05, 3.63) is 53.6 Å². The Morgan fingerprint density at radius 3 is 2.54 bits per heavy atom. The summed E-state index contributed by atoms with van der Waals surface area (Å²) < 4.78 is 58.5. The zero-order valence-electron chi connectivity index (χ0n) is 13.6. The first kappa shape index (κ1) is 17.6. The number of hydrogen-bond acceptors (Lipinski definition) is 4. The molecule has 6 nitrogen and oxygen atoms in total. The summed E-state index contributed by atoms with van der Waals surface area (Å²) in [7, 11) is 1.28. The summed E-state index contributed by atoms with van der Waals surface area (Å²) in [6.45, 7) is 1.55. The lowest BCUT2D eigenvalue weighted by molar-refractivity contribution is -0.141. The lowest BCUT2D eigenvalue weighted by atomic mass is 10.1. The Morgan fingerprint density at radius 2 is 2.00 bits per heavy atom. The summed E-state index contributed by atoms with van der Waals surface area (Å²) in [4.78, 5) is 15.8. The minimum Gasteiger partial charge on any atom is -0.448 e. The summed E-state index contributed by atoms with van der Waals surface area (Å²) in [6, 6.07) is 4.39. The number of anilines is 1. The number of rotatable bonds is 3. The highest BCUT2D eigenvalue weighted by Gasteiger charge is 2.35. The number of carbonyl (C=O) groups is 1. The van der Waals surface area contributed by atoms with Crippen molar-refractivity contribution in [1.82, 2.24) is 14.8 Å². The Kier molecular flexibility index (Phi) is 4.26. The summed E-state index contributed by atoms with van der Waals surface area (Å²) in [5.74, 6) is -1.10. The van der Waals surface area contributed by atoms with E-state index in [1.165, 1.54) is 19.2 Å². The molecule has 3 rings (SSSR count). The third kappa shape index (κ3) is 3.30. The van der Waals surface area contributed by atoms with Crippen LogP contribution in [0.5, 0.6) is 0 Å². The van der Waals surface area contributed by atoms with Crippen molar-refractivity contribution >= 4 is 11.6 Å². The van der Waals surface area contributed by atoms with Crippen LogP contribution >= 0.6 is 0 Å². The molecule has 0 aliphatic heterocycles. The van der Waals surface area contributed by atoms with Crippen LogP contribution in [-0.2, 0) is 13.2 Å². The molecule has 0 aliphatic carbocycles. The van der Waals surface area contributed by atoms with Crippen molar-refractivity contribution in [2.75, 3.05) is 5.32 Å². The highest BCUT2D eigenvalue weighted by molar-refractivity contribution is 6.03. The summed E-state index contributed by atoms with van der Waals surface area (Å²) in [5, 5.41) is 5.80. The molecule has 1 aromatic carbocycles. The average molecular weight is 368 g/mol. The molecule has 1 N–H and O–H groups in total. The molecular formula is C16H12F4N4O2. The van der Waals surface area contributed by atoms with Crippen LogP contribution in [0, 0.1) is 12.7 Å². The summed E-state index contributed by atoms with van der Waals surface area (Å²) in [5.41, 5.74) is -1.06. The van der Waals surface area contributed by atoms with E-state index in [4.69, 9.17) is 4.42 Å². The predicted molar refractivity (Wildman–Crippen MR) is 82.8 cm³/mol. The molecule has 0 unspecified atom stereocenters. The van der Waals surface area contributed by atoms with Gasteiger partial charge in [0, 0.05) is 18.3 Å². The monoisotopic (exact) mass is 368 g/mol. The first-order valence-electron chi connectivity index (χ1n) is 7.29. The van der Waals surface area contributed by atoms with E-state index in [0.29, 0.717) is 5.76 Å². The van der Waals surface area contributed by atoms with E-state index < -0.39 is 23.6 Å². The quantitative estimate of drug-likeness (QED) is 0.714. The first-order valence-corrected chi connectivity index (χ1v) is 7.29. The van der Waals surface area contributed by atoms with Gasteiger partial charge in [0.2, 0.25) is 0 Å². The van der Waals surface area contributed by atoms with E-state index in [2.05, 4.69) is 15.4 Å². The number of halogens is 4. The smallest absolute Gasteiger partial charge is 0.435 e. The minimum atomic E-state index is -4.63. The lowest BCUT2D eigenvalue weighted by Gasteiger charge is -2.07. The minimum absolute atomic E-state index is 0.0416. The number of aromatic nitrogens is 3. The molecule has 10 heteroatoms. The molecule has 2 aromatic heterocycles. The van der Waals surface area contributed by atoms with Crippen molar-refractivity contribution in [3.63, 3.8) is 0 Å². The van der Waals surface area contributed by atoms with Gasteiger partial charge in [0.15, 0.2) is 17.8 Å². The maximum atomic E-state index is 14.4. The number of amides is 1. The highest BCUT2D eigenvalue weighted by Crippen LogP contribution is 2.32. The van der Waals surface area contributed by atoms with Crippen LogP contribution in [0.15, 0.2) is 35.1 Å². The number of nitrogens with zero attached hydrogens (tertiary/aromatic N) is 3.